The highest BCUT2D eigenvalue weighted by molar-refractivity contribution is 7.59. The Morgan fingerprint density at radius 1 is 0.556 bits per heavy atom. The number of rotatable bonds is 38. The minimum Gasteiger partial charge on any atom is -0.756 e. The molecule has 0 heterocycles. The number of quaternary nitrogens is 2. The lowest BCUT2D eigenvalue weighted by molar-refractivity contribution is -0.242. The van der Waals surface area contributed by atoms with Crippen LogP contribution in [0.1, 0.15) is 194 Å². The summed E-state index contributed by atoms with van der Waals surface area (Å²) in [6, 6.07) is 0. The van der Waals surface area contributed by atoms with Gasteiger partial charge in [0.05, 0.1) is 6.61 Å². The summed E-state index contributed by atoms with van der Waals surface area (Å²) in [5.74, 6) is -1.16. The molecule has 0 aromatic rings. The van der Waals surface area contributed by atoms with E-state index in [0.717, 1.165) is 77.0 Å². The molecule has 3 unspecified atom stereocenters. The zero-order valence-corrected chi connectivity index (χ0v) is 36.3. The summed E-state index contributed by atoms with van der Waals surface area (Å²) in [6.07, 6.45) is 37.1. The van der Waals surface area contributed by atoms with E-state index >= 15 is 0 Å². The molecule has 0 fully saturated rings. The minimum atomic E-state index is -5.63. The van der Waals surface area contributed by atoms with Crippen LogP contribution >= 0.6 is 15.6 Å². The van der Waals surface area contributed by atoms with E-state index in [2.05, 4.69) is 47.0 Å². The SMILES string of the molecule is CCCCCCCCC=CCCCCCCCC(=O)OCC(COP(=O)([O-])OP(=O)([O-])O)OC(=O)CCCCCCCC=CCCCCCCCC.[NH4+].[NH4+]. The number of unbranched alkanes of at least 4 members (excludes halogenated alkanes) is 22. The molecule has 0 amide bonds. The number of carbonyl (C=O) groups is 2. The van der Waals surface area contributed by atoms with Gasteiger partial charge in [0.2, 0.25) is 0 Å². The van der Waals surface area contributed by atoms with Gasteiger partial charge in [0, 0.05) is 12.8 Å². The van der Waals surface area contributed by atoms with E-state index in [1.807, 2.05) is 0 Å². The van der Waals surface area contributed by atoms with Gasteiger partial charge < -0.3 is 41.0 Å². The van der Waals surface area contributed by atoms with Gasteiger partial charge in [0.15, 0.2) is 6.10 Å². The topological polar surface area (TPSA) is 245 Å². The predicted octanol–water partition coefficient (Wildman–Crippen LogP) is 11.2. The zero-order valence-electron chi connectivity index (χ0n) is 34.5. The average Bonchev–Trinajstić information content (AvgIpc) is 3.08. The van der Waals surface area contributed by atoms with Crippen molar-refractivity contribution in [3.05, 3.63) is 24.3 Å². The Labute approximate surface area is 328 Å². The second-order valence-electron chi connectivity index (χ2n) is 13.8. The number of hydrogen-bond donors (Lipinski definition) is 3. The smallest absolute Gasteiger partial charge is 0.306 e. The van der Waals surface area contributed by atoms with Crippen molar-refractivity contribution in [2.75, 3.05) is 13.2 Å². The summed E-state index contributed by atoms with van der Waals surface area (Å²) in [4.78, 5) is 56.1. The number of ether oxygens (including phenoxy) is 2. The van der Waals surface area contributed by atoms with Crippen LogP contribution in [-0.4, -0.2) is 36.1 Å². The van der Waals surface area contributed by atoms with Crippen LogP contribution in [0.25, 0.3) is 0 Å². The van der Waals surface area contributed by atoms with Gasteiger partial charge in [-0.25, -0.2) is 4.31 Å². The molecule has 0 aliphatic rings. The molecule has 0 bridgehead atoms. The third-order valence-electron chi connectivity index (χ3n) is 8.64. The maximum Gasteiger partial charge on any atom is 0.306 e. The number of carbonyl (C=O) groups excluding carboxylic acids is 2. The van der Waals surface area contributed by atoms with Gasteiger partial charge in [0.25, 0.3) is 15.6 Å². The normalized spacial score (nSPS) is 14.2. The van der Waals surface area contributed by atoms with E-state index in [1.165, 1.54) is 77.0 Å². The quantitative estimate of drug-likeness (QED) is 0.0229. The zero-order chi connectivity index (χ0) is 38.6. The van der Waals surface area contributed by atoms with E-state index in [1.54, 1.807) is 0 Å². The molecule has 0 aliphatic carbocycles. The minimum absolute atomic E-state index is 0. The molecule has 0 saturated carbocycles. The van der Waals surface area contributed by atoms with Crippen molar-refractivity contribution in [2.45, 2.75) is 200 Å². The average molecular weight is 815 g/mol. The van der Waals surface area contributed by atoms with Gasteiger partial charge >= 0.3 is 11.9 Å². The van der Waals surface area contributed by atoms with Crippen molar-refractivity contribution >= 4 is 27.6 Å². The van der Waals surface area contributed by atoms with Crippen LogP contribution in [0, 0.1) is 0 Å². The lowest BCUT2D eigenvalue weighted by Crippen LogP contribution is -2.30. The third kappa shape index (κ3) is 43.3. The van der Waals surface area contributed by atoms with Gasteiger partial charge in [-0.2, -0.15) is 0 Å². The molecule has 0 radical (unpaired) electrons. The number of phosphoric acid groups is 2. The number of esters is 2. The fourth-order valence-corrected chi connectivity index (χ4v) is 7.17. The molecule has 0 aromatic carbocycles. The number of hydrogen-bond acceptors (Lipinski definition) is 10. The third-order valence-corrected chi connectivity index (χ3v) is 10.7. The Bertz CT molecular complexity index is 1020. The molecule has 54 heavy (non-hydrogen) atoms. The second kappa shape index (κ2) is 39.8. The highest BCUT2D eigenvalue weighted by Crippen LogP contribution is 2.52. The van der Waals surface area contributed by atoms with Crippen LogP contribution in [0.3, 0.4) is 0 Å². The Morgan fingerprint density at radius 2 is 0.907 bits per heavy atom. The summed E-state index contributed by atoms with van der Waals surface area (Å²) in [5, 5.41) is 0. The van der Waals surface area contributed by atoms with Crippen molar-refractivity contribution in [2.24, 2.45) is 0 Å². The number of phosphoric ester groups is 1. The molecule has 13 nitrogen and oxygen atoms in total. The first-order valence-corrected chi connectivity index (χ1v) is 23.3. The van der Waals surface area contributed by atoms with Crippen LogP contribution in [0.5, 0.6) is 0 Å². The Balaban J connectivity index is -0.0000130. The van der Waals surface area contributed by atoms with Crippen LogP contribution in [0.15, 0.2) is 24.3 Å². The predicted molar refractivity (Wildman–Crippen MR) is 216 cm³/mol. The highest BCUT2D eigenvalue weighted by atomic mass is 31.3. The van der Waals surface area contributed by atoms with Crippen molar-refractivity contribution in [3.63, 3.8) is 0 Å². The Kier molecular flexibility index (Phi) is 42.0. The Morgan fingerprint density at radius 3 is 1.30 bits per heavy atom. The van der Waals surface area contributed by atoms with E-state index in [9.17, 15) is 28.5 Å². The van der Waals surface area contributed by atoms with E-state index < -0.39 is 46.9 Å². The van der Waals surface area contributed by atoms with E-state index in [0.29, 0.717) is 12.8 Å². The summed E-state index contributed by atoms with van der Waals surface area (Å²) in [7, 11) is -11.1. The lowest BCUT2D eigenvalue weighted by Gasteiger charge is -2.28. The van der Waals surface area contributed by atoms with Gasteiger partial charge in [-0.3, -0.25) is 18.7 Å². The van der Waals surface area contributed by atoms with E-state index in [4.69, 9.17) is 14.4 Å². The summed E-state index contributed by atoms with van der Waals surface area (Å²) < 4.78 is 41.2. The molecule has 0 rings (SSSR count). The van der Waals surface area contributed by atoms with Gasteiger partial charge in [-0.1, -0.05) is 141 Å². The lowest BCUT2D eigenvalue weighted by atomic mass is 10.1. The first-order chi connectivity index (χ1) is 25.0. The Hall–Kier alpha value is -1.40. The van der Waals surface area contributed by atoms with Crippen LogP contribution in [0.4, 0.5) is 0 Å². The molecule has 0 aliphatic heterocycles. The molecule has 322 valence electrons. The summed E-state index contributed by atoms with van der Waals surface area (Å²) in [6.45, 7) is 3.13. The van der Waals surface area contributed by atoms with Crippen LogP contribution < -0.4 is 22.1 Å². The first-order valence-electron chi connectivity index (χ1n) is 20.3. The van der Waals surface area contributed by atoms with Gasteiger partial charge in [-0.15, -0.1) is 0 Å². The molecule has 3 atom stereocenters. The van der Waals surface area contributed by atoms with Crippen LogP contribution in [0.2, 0.25) is 0 Å². The number of allylic oxidation sites excluding steroid dienone is 4. The molecule has 15 heteroatoms. The highest BCUT2D eigenvalue weighted by Gasteiger charge is 2.23. The summed E-state index contributed by atoms with van der Waals surface area (Å²) >= 11 is 0. The summed E-state index contributed by atoms with van der Waals surface area (Å²) in [5.41, 5.74) is 0. The largest absolute Gasteiger partial charge is 0.756 e. The van der Waals surface area contributed by atoms with Crippen molar-refractivity contribution in [1.82, 2.24) is 12.3 Å². The van der Waals surface area contributed by atoms with Crippen molar-refractivity contribution < 1.29 is 51.7 Å². The fraction of sp³-hybridized carbons (Fsp3) is 0.846. The van der Waals surface area contributed by atoms with Crippen molar-refractivity contribution in [3.8, 4) is 0 Å². The molecular formula is C39H80N2O11P2. The van der Waals surface area contributed by atoms with Crippen molar-refractivity contribution in [1.29, 1.82) is 0 Å². The maximum atomic E-state index is 12.5. The van der Waals surface area contributed by atoms with Crippen LogP contribution in [-0.2, 0) is 37.0 Å². The maximum absolute atomic E-state index is 12.5. The molecule has 9 N–H and O–H groups in total. The molecule has 0 aromatic heterocycles. The fourth-order valence-electron chi connectivity index (χ4n) is 5.62. The second-order valence-corrected chi connectivity index (χ2v) is 16.5. The molecule has 0 spiro atoms. The molecule has 0 saturated heterocycles. The first kappa shape index (κ1) is 56.9. The van der Waals surface area contributed by atoms with E-state index in [-0.39, 0.29) is 25.1 Å². The molecular weight excluding hydrogens is 734 g/mol. The standard InChI is InChI=1S/C39H74O11P2.2H3N/c1-3-5-7-9-11-13-15-17-19-21-23-25-27-29-31-33-38(40)47-35-37(36-48-52(45,46)50-51(42,43)44)49-39(41)34-32-30-28-26-24-22-20-18-16-14-12-10-8-6-4-2;;/h17-20,37H,3-16,21-36H2,1-2H3,(H,45,46)(H2,42,43,44);2*1H3. The monoisotopic (exact) mass is 815 g/mol. The van der Waals surface area contributed by atoms with Gasteiger partial charge in [-0.05, 0) is 64.2 Å². The van der Waals surface area contributed by atoms with Gasteiger partial charge in [0.1, 0.15) is 6.61 Å².